The normalized spacial score (nSPS) is 19.7. The minimum absolute atomic E-state index is 0.758. The van der Waals surface area contributed by atoms with E-state index in [4.69, 9.17) is 5.73 Å². The van der Waals surface area contributed by atoms with Crippen molar-refractivity contribution in [1.82, 2.24) is 9.80 Å². The highest BCUT2D eigenvalue weighted by molar-refractivity contribution is 5.22. The molecular weight excluding hydrogens is 198 g/mol. The van der Waals surface area contributed by atoms with E-state index in [1.54, 1.807) is 0 Å². The molecular formula is C13H23N3. The van der Waals surface area contributed by atoms with Gasteiger partial charge in [0.25, 0.3) is 0 Å². The fraction of sp³-hybridized carbons (Fsp3) is 0.538. The Balaban J connectivity index is 2.33. The van der Waals surface area contributed by atoms with Crippen LogP contribution >= 0.6 is 0 Å². The maximum absolute atomic E-state index is 5.55. The fourth-order valence-electron chi connectivity index (χ4n) is 1.95. The summed E-state index contributed by atoms with van der Waals surface area (Å²) in [6.07, 6.45) is 5.76. The predicted molar refractivity (Wildman–Crippen MR) is 70.4 cm³/mol. The average Bonchev–Trinajstić information content (AvgIpc) is 2.31. The van der Waals surface area contributed by atoms with Crippen molar-refractivity contribution >= 4 is 0 Å². The molecule has 16 heavy (non-hydrogen) atoms. The molecule has 1 fully saturated rings. The van der Waals surface area contributed by atoms with Crippen LogP contribution in [0.3, 0.4) is 0 Å². The van der Waals surface area contributed by atoms with E-state index in [1.807, 2.05) is 18.2 Å². The second-order valence-corrected chi connectivity index (χ2v) is 4.09. The van der Waals surface area contributed by atoms with Gasteiger partial charge in [-0.25, -0.2) is 0 Å². The van der Waals surface area contributed by atoms with Crippen LogP contribution in [0.15, 0.2) is 37.0 Å². The Bertz CT molecular complexity index is 250. The monoisotopic (exact) mass is 221 g/mol. The van der Waals surface area contributed by atoms with Crippen molar-refractivity contribution in [2.45, 2.75) is 0 Å². The summed E-state index contributed by atoms with van der Waals surface area (Å²) in [5.41, 5.74) is 6.79. The third kappa shape index (κ3) is 4.31. The Kier molecular flexibility index (Phi) is 6.08. The van der Waals surface area contributed by atoms with Gasteiger partial charge in [-0.05, 0) is 5.57 Å². The fourth-order valence-corrected chi connectivity index (χ4v) is 1.95. The van der Waals surface area contributed by atoms with Gasteiger partial charge in [-0.2, -0.15) is 0 Å². The van der Waals surface area contributed by atoms with Crippen LogP contribution in [0.2, 0.25) is 0 Å². The summed E-state index contributed by atoms with van der Waals surface area (Å²) in [6, 6.07) is 0. The van der Waals surface area contributed by atoms with E-state index < -0.39 is 0 Å². The van der Waals surface area contributed by atoms with Gasteiger partial charge in [0.1, 0.15) is 0 Å². The molecule has 0 bridgehead atoms. The number of rotatable bonds is 6. The van der Waals surface area contributed by atoms with Crippen molar-refractivity contribution in [3.63, 3.8) is 0 Å². The van der Waals surface area contributed by atoms with Gasteiger partial charge in [0.15, 0.2) is 0 Å². The molecule has 0 aromatic carbocycles. The van der Waals surface area contributed by atoms with Crippen LogP contribution in [0.5, 0.6) is 0 Å². The van der Waals surface area contributed by atoms with Crippen LogP contribution < -0.4 is 5.73 Å². The topological polar surface area (TPSA) is 32.5 Å². The van der Waals surface area contributed by atoms with Gasteiger partial charge in [-0.15, -0.1) is 0 Å². The summed E-state index contributed by atoms with van der Waals surface area (Å²) < 4.78 is 0. The second-order valence-electron chi connectivity index (χ2n) is 4.09. The minimum Gasteiger partial charge on any atom is -0.329 e. The molecule has 1 rings (SSSR count). The predicted octanol–water partition coefficient (Wildman–Crippen LogP) is 0.861. The highest BCUT2D eigenvalue weighted by Gasteiger charge is 2.15. The van der Waals surface area contributed by atoms with Crippen molar-refractivity contribution in [2.75, 3.05) is 45.8 Å². The molecule has 3 heteroatoms. The first-order valence-electron chi connectivity index (χ1n) is 5.89. The van der Waals surface area contributed by atoms with Crippen molar-refractivity contribution < 1.29 is 0 Å². The summed E-state index contributed by atoms with van der Waals surface area (Å²) in [6.45, 7) is 14.8. The van der Waals surface area contributed by atoms with Crippen molar-refractivity contribution in [3.05, 3.63) is 37.0 Å². The summed E-state index contributed by atoms with van der Waals surface area (Å²) in [7, 11) is 0. The molecule has 3 nitrogen and oxygen atoms in total. The Hall–Kier alpha value is -0.900. The Morgan fingerprint density at radius 2 is 1.75 bits per heavy atom. The maximum atomic E-state index is 5.55. The van der Waals surface area contributed by atoms with Crippen LogP contribution in [-0.2, 0) is 0 Å². The van der Waals surface area contributed by atoms with E-state index in [0.29, 0.717) is 0 Å². The summed E-state index contributed by atoms with van der Waals surface area (Å²) in [5.74, 6) is 0. The molecule has 0 aromatic heterocycles. The Morgan fingerprint density at radius 1 is 1.12 bits per heavy atom. The van der Waals surface area contributed by atoms with E-state index in [9.17, 15) is 0 Å². The first-order valence-corrected chi connectivity index (χ1v) is 5.89. The molecule has 0 atom stereocenters. The standard InChI is InChI=1S/C13H23N3/c1-3-5-13(4-2)12-16-10-8-15(7-6-14)9-11-16/h3-5H,1-2,6-12,14H2/b13-5+. The molecule has 1 aliphatic rings. The molecule has 0 radical (unpaired) electrons. The third-order valence-corrected chi connectivity index (χ3v) is 2.91. The van der Waals surface area contributed by atoms with E-state index in [0.717, 1.165) is 45.8 Å². The van der Waals surface area contributed by atoms with E-state index in [1.165, 1.54) is 5.57 Å². The zero-order valence-corrected chi connectivity index (χ0v) is 10.1. The number of nitrogens with two attached hydrogens (primary N) is 1. The summed E-state index contributed by atoms with van der Waals surface area (Å²) in [5, 5.41) is 0. The zero-order valence-electron chi connectivity index (χ0n) is 10.1. The zero-order chi connectivity index (χ0) is 11.8. The van der Waals surface area contributed by atoms with E-state index >= 15 is 0 Å². The molecule has 90 valence electrons. The van der Waals surface area contributed by atoms with Crippen LogP contribution in [0.25, 0.3) is 0 Å². The van der Waals surface area contributed by atoms with Gasteiger partial charge in [0.05, 0.1) is 0 Å². The first kappa shape index (κ1) is 13.2. The molecule has 1 saturated heterocycles. The average molecular weight is 221 g/mol. The largest absolute Gasteiger partial charge is 0.329 e. The molecule has 0 spiro atoms. The van der Waals surface area contributed by atoms with Crippen molar-refractivity contribution in [2.24, 2.45) is 5.73 Å². The first-order chi connectivity index (χ1) is 7.80. The lowest BCUT2D eigenvalue weighted by atomic mass is 10.2. The van der Waals surface area contributed by atoms with Crippen LogP contribution in [-0.4, -0.2) is 55.6 Å². The number of hydrogen-bond acceptors (Lipinski definition) is 3. The lowest BCUT2D eigenvalue weighted by molar-refractivity contribution is 0.144. The summed E-state index contributed by atoms with van der Waals surface area (Å²) >= 11 is 0. The molecule has 0 aromatic rings. The van der Waals surface area contributed by atoms with Gasteiger partial charge >= 0.3 is 0 Å². The van der Waals surface area contributed by atoms with Crippen molar-refractivity contribution in [3.8, 4) is 0 Å². The number of nitrogens with zero attached hydrogens (tertiary/aromatic N) is 2. The van der Waals surface area contributed by atoms with Gasteiger partial charge in [0.2, 0.25) is 0 Å². The highest BCUT2D eigenvalue weighted by Crippen LogP contribution is 2.05. The van der Waals surface area contributed by atoms with Crippen LogP contribution in [0.1, 0.15) is 0 Å². The van der Waals surface area contributed by atoms with Gasteiger partial charge in [-0.1, -0.05) is 31.4 Å². The maximum Gasteiger partial charge on any atom is 0.0234 e. The van der Waals surface area contributed by atoms with Gasteiger partial charge in [-0.3, -0.25) is 9.80 Å². The number of hydrogen-bond donors (Lipinski definition) is 1. The lowest BCUT2D eigenvalue weighted by Gasteiger charge is -2.34. The van der Waals surface area contributed by atoms with E-state index in [2.05, 4.69) is 23.0 Å². The lowest BCUT2D eigenvalue weighted by Crippen LogP contribution is -2.48. The number of piperazine rings is 1. The smallest absolute Gasteiger partial charge is 0.0234 e. The molecule has 0 unspecified atom stereocenters. The highest BCUT2D eigenvalue weighted by atomic mass is 15.3. The Labute approximate surface area is 98.9 Å². The van der Waals surface area contributed by atoms with Gasteiger partial charge in [0, 0.05) is 45.8 Å². The molecule has 1 heterocycles. The van der Waals surface area contributed by atoms with Crippen molar-refractivity contribution in [1.29, 1.82) is 0 Å². The minimum atomic E-state index is 0.758. The molecule has 0 saturated carbocycles. The molecule has 2 N–H and O–H groups in total. The molecule has 0 amide bonds. The Morgan fingerprint density at radius 3 is 2.25 bits per heavy atom. The summed E-state index contributed by atoms with van der Waals surface area (Å²) in [4.78, 5) is 4.87. The second kappa shape index (κ2) is 7.39. The van der Waals surface area contributed by atoms with Gasteiger partial charge < -0.3 is 5.73 Å². The quantitative estimate of drug-likeness (QED) is 0.675. The molecule has 0 aliphatic carbocycles. The number of allylic oxidation sites excluding steroid dienone is 2. The molecule has 1 aliphatic heterocycles. The van der Waals surface area contributed by atoms with E-state index in [-0.39, 0.29) is 0 Å². The SMILES string of the molecule is C=C/C=C(\C=C)CN1CCN(CCN)CC1. The third-order valence-electron chi connectivity index (χ3n) is 2.91. The van der Waals surface area contributed by atoms with Crippen LogP contribution in [0, 0.1) is 0 Å². The van der Waals surface area contributed by atoms with Crippen LogP contribution in [0.4, 0.5) is 0 Å².